The van der Waals surface area contributed by atoms with Gasteiger partial charge in [0.05, 0.1) is 11.7 Å². The zero-order chi connectivity index (χ0) is 14.0. The Morgan fingerprint density at radius 2 is 2.11 bits per heavy atom. The van der Waals surface area contributed by atoms with Gasteiger partial charge in [-0.05, 0) is 72.9 Å². The Hall–Kier alpha value is -0.840. The number of allylic oxidation sites excluding steroid dienone is 1. The Labute approximate surface area is 129 Å². The number of anilines is 1. The predicted octanol–water partition coefficient (Wildman–Crippen LogP) is 4.37. The van der Waals surface area contributed by atoms with E-state index >= 15 is 0 Å². The Kier molecular flexibility index (Phi) is 4.66. The van der Waals surface area contributed by atoms with Crippen LogP contribution in [0.2, 0.25) is 0 Å². The van der Waals surface area contributed by atoms with E-state index in [9.17, 15) is 4.79 Å². The molecule has 0 unspecified atom stereocenters. The van der Waals surface area contributed by atoms with Crippen LogP contribution >= 0.6 is 22.6 Å². The first-order valence-corrected chi connectivity index (χ1v) is 7.82. The number of halogens is 1. The highest BCUT2D eigenvalue weighted by Gasteiger charge is 2.25. The summed E-state index contributed by atoms with van der Waals surface area (Å²) in [5, 5.41) is 0. The number of carbonyl (C=O) groups is 1. The number of amides is 1. The Morgan fingerprint density at radius 3 is 2.63 bits per heavy atom. The van der Waals surface area contributed by atoms with E-state index in [-0.39, 0.29) is 11.9 Å². The number of hydrogen-bond acceptors (Lipinski definition) is 1. The SMILES string of the molecule is CC(=O)N(c1c(C)cc(C)cc1I)[C@H]1C=CCCC1. The van der Waals surface area contributed by atoms with Gasteiger partial charge in [0.15, 0.2) is 0 Å². The third kappa shape index (κ3) is 3.19. The second-order valence-corrected chi connectivity index (χ2v) is 6.39. The summed E-state index contributed by atoms with van der Waals surface area (Å²) in [6.45, 7) is 5.85. The smallest absolute Gasteiger partial charge is 0.224 e. The van der Waals surface area contributed by atoms with E-state index in [0.717, 1.165) is 28.5 Å². The largest absolute Gasteiger partial charge is 0.304 e. The molecule has 1 aromatic carbocycles. The number of carbonyl (C=O) groups excluding carboxylic acids is 1. The summed E-state index contributed by atoms with van der Waals surface area (Å²) in [5.74, 6) is 0.126. The number of benzene rings is 1. The Bertz CT molecular complexity index is 498. The van der Waals surface area contributed by atoms with Crippen molar-refractivity contribution in [1.82, 2.24) is 0 Å². The lowest BCUT2D eigenvalue weighted by atomic mass is 9.99. The molecular formula is C16H20INO. The summed E-state index contributed by atoms with van der Waals surface area (Å²) in [7, 11) is 0. The van der Waals surface area contributed by atoms with Crippen LogP contribution in [0.1, 0.15) is 37.3 Å². The maximum absolute atomic E-state index is 12.1. The molecule has 1 aliphatic rings. The van der Waals surface area contributed by atoms with Crippen molar-refractivity contribution in [2.24, 2.45) is 0 Å². The fourth-order valence-corrected chi connectivity index (χ4v) is 3.96. The van der Waals surface area contributed by atoms with Crippen LogP contribution in [0.5, 0.6) is 0 Å². The zero-order valence-electron chi connectivity index (χ0n) is 11.7. The molecule has 0 N–H and O–H groups in total. The molecule has 2 rings (SSSR count). The zero-order valence-corrected chi connectivity index (χ0v) is 13.9. The van der Waals surface area contributed by atoms with Crippen molar-refractivity contribution in [3.63, 3.8) is 0 Å². The molecule has 3 heteroatoms. The van der Waals surface area contributed by atoms with Gasteiger partial charge in [-0.25, -0.2) is 0 Å². The second-order valence-electron chi connectivity index (χ2n) is 5.23. The lowest BCUT2D eigenvalue weighted by molar-refractivity contribution is -0.116. The molecule has 0 aliphatic heterocycles. The Morgan fingerprint density at radius 1 is 1.37 bits per heavy atom. The van der Waals surface area contributed by atoms with Crippen molar-refractivity contribution in [2.75, 3.05) is 4.90 Å². The molecule has 0 aromatic heterocycles. The highest BCUT2D eigenvalue weighted by molar-refractivity contribution is 14.1. The topological polar surface area (TPSA) is 20.3 Å². The average Bonchev–Trinajstić information content (AvgIpc) is 2.34. The molecule has 0 fully saturated rings. The number of hydrogen-bond donors (Lipinski definition) is 0. The summed E-state index contributed by atoms with van der Waals surface area (Å²) in [5.41, 5.74) is 3.50. The van der Waals surface area contributed by atoms with Crippen LogP contribution in [0, 0.1) is 17.4 Å². The highest BCUT2D eigenvalue weighted by atomic mass is 127. The monoisotopic (exact) mass is 369 g/mol. The van der Waals surface area contributed by atoms with Crippen molar-refractivity contribution >= 4 is 34.2 Å². The highest BCUT2D eigenvalue weighted by Crippen LogP contribution is 2.32. The molecule has 0 bridgehead atoms. The van der Waals surface area contributed by atoms with Crippen molar-refractivity contribution in [1.29, 1.82) is 0 Å². The van der Waals surface area contributed by atoms with Crippen molar-refractivity contribution < 1.29 is 4.79 Å². The lowest BCUT2D eigenvalue weighted by Gasteiger charge is -2.32. The van der Waals surface area contributed by atoms with Crippen molar-refractivity contribution in [2.45, 2.75) is 46.1 Å². The molecule has 2 nitrogen and oxygen atoms in total. The first kappa shape index (κ1) is 14.6. The van der Waals surface area contributed by atoms with Crippen LogP contribution in [0.15, 0.2) is 24.3 Å². The molecule has 0 radical (unpaired) electrons. The molecule has 1 aliphatic carbocycles. The molecule has 0 heterocycles. The maximum atomic E-state index is 12.1. The van der Waals surface area contributed by atoms with Gasteiger partial charge in [0.2, 0.25) is 5.91 Å². The molecule has 102 valence electrons. The van der Waals surface area contributed by atoms with Gasteiger partial charge in [-0.3, -0.25) is 4.79 Å². The first-order chi connectivity index (χ1) is 9.00. The first-order valence-electron chi connectivity index (χ1n) is 6.74. The van der Waals surface area contributed by atoms with Crippen molar-refractivity contribution in [3.05, 3.63) is 39.0 Å². The molecule has 1 aromatic rings. The van der Waals surface area contributed by atoms with Gasteiger partial charge in [0.25, 0.3) is 0 Å². The molecule has 1 amide bonds. The Balaban J connectivity index is 2.48. The minimum Gasteiger partial charge on any atom is -0.304 e. The normalized spacial score (nSPS) is 18.4. The van der Waals surface area contributed by atoms with Gasteiger partial charge in [-0.15, -0.1) is 0 Å². The van der Waals surface area contributed by atoms with Crippen LogP contribution < -0.4 is 4.90 Å². The van der Waals surface area contributed by atoms with Crippen LogP contribution in [0.4, 0.5) is 5.69 Å². The fourth-order valence-electron chi connectivity index (χ4n) is 2.78. The number of aryl methyl sites for hydroxylation is 2. The minimum atomic E-state index is 0.126. The van der Waals surface area contributed by atoms with E-state index in [2.05, 4.69) is 60.7 Å². The van der Waals surface area contributed by atoms with Gasteiger partial charge in [-0.2, -0.15) is 0 Å². The van der Waals surface area contributed by atoms with E-state index in [4.69, 9.17) is 0 Å². The van der Waals surface area contributed by atoms with Crippen LogP contribution in [-0.2, 0) is 4.79 Å². The molecule has 0 saturated heterocycles. The molecular weight excluding hydrogens is 349 g/mol. The summed E-state index contributed by atoms with van der Waals surface area (Å²) in [6.07, 6.45) is 7.72. The molecule has 0 saturated carbocycles. The summed E-state index contributed by atoms with van der Waals surface area (Å²) < 4.78 is 1.16. The van der Waals surface area contributed by atoms with Gasteiger partial charge in [0.1, 0.15) is 0 Å². The van der Waals surface area contributed by atoms with Gasteiger partial charge in [0, 0.05) is 10.5 Å². The van der Waals surface area contributed by atoms with Gasteiger partial charge < -0.3 is 4.90 Å². The summed E-state index contributed by atoms with van der Waals surface area (Å²) in [4.78, 5) is 14.1. The minimum absolute atomic E-state index is 0.126. The van der Waals surface area contributed by atoms with Crippen LogP contribution in [-0.4, -0.2) is 11.9 Å². The maximum Gasteiger partial charge on any atom is 0.224 e. The van der Waals surface area contributed by atoms with Gasteiger partial charge in [-0.1, -0.05) is 18.2 Å². The van der Waals surface area contributed by atoms with E-state index in [1.807, 2.05) is 4.90 Å². The van der Waals surface area contributed by atoms with Crippen LogP contribution in [0.3, 0.4) is 0 Å². The van der Waals surface area contributed by atoms with E-state index in [1.165, 1.54) is 11.1 Å². The van der Waals surface area contributed by atoms with E-state index in [0.29, 0.717) is 0 Å². The lowest BCUT2D eigenvalue weighted by Crippen LogP contribution is -2.39. The predicted molar refractivity (Wildman–Crippen MR) is 88.6 cm³/mol. The van der Waals surface area contributed by atoms with Crippen molar-refractivity contribution in [3.8, 4) is 0 Å². The fraction of sp³-hybridized carbons (Fsp3) is 0.438. The number of nitrogens with zero attached hydrogens (tertiary/aromatic N) is 1. The second kappa shape index (κ2) is 6.07. The quantitative estimate of drug-likeness (QED) is 0.560. The van der Waals surface area contributed by atoms with E-state index < -0.39 is 0 Å². The summed E-state index contributed by atoms with van der Waals surface area (Å²) in [6, 6.07) is 4.51. The van der Waals surface area contributed by atoms with Crippen LogP contribution in [0.25, 0.3) is 0 Å². The molecule has 19 heavy (non-hydrogen) atoms. The standard InChI is InChI=1S/C16H20INO/c1-11-9-12(2)16(15(17)10-11)18(13(3)19)14-7-5-4-6-8-14/h5,7,9-10,14H,4,6,8H2,1-3H3/t14-/m0/s1. The average molecular weight is 369 g/mol. The third-order valence-electron chi connectivity index (χ3n) is 3.54. The third-order valence-corrected chi connectivity index (χ3v) is 4.36. The number of rotatable bonds is 2. The molecule has 1 atom stereocenters. The van der Waals surface area contributed by atoms with E-state index in [1.54, 1.807) is 6.92 Å². The van der Waals surface area contributed by atoms with Gasteiger partial charge >= 0.3 is 0 Å². The summed E-state index contributed by atoms with van der Waals surface area (Å²) >= 11 is 2.34. The molecule has 0 spiro atoms.